The average molecular weight is 358 g/mol. The van der Waals surface area contributed by atoms with Gasteiger partial charge in [-0.2, -0.15) is 0 Å². The Kier molecular flexibility index (Phi) is 5.90. The van der Waals surface area contributed by atoms with Gasteiger partial charge in [-0.15, -0.1) is 5.10 Å². The molecule has 9 heteroatoms. The Morgan fingerprint density at radius 2 is 2.27 bits per heavy atom. The molecule has 26 heavy (non-hydrogen) atoms. The van der Waals surface area contributed by atoms with Gasteiger partial charge in [0.1, 0.15) is 6.33 Å². The summed E-state index contributed by atoms with van der Waals surface area (Å²) >= 11 is 0. The molecule has 0 saturated carbocycles. The monoisotopic (exact) mass is 358 g/mol. The van der Waals surface area contributed by atoms with Crippen LogP contribution < -0.4 is 5.32 Å². The van der Waals surface area contributed by atoms with E-state index >= 15 is 0 Å². The van der Waals surface area contributed by atoms with Crippen molar-refractivity contribution in [3.63, 3.8) is 0 Å². The molecule has 0 aliphatic carbocycles. The van der Waals surface area contributed by atoms with E-state index in [4.69, 9.17) is 4.74 Å². The second-order valence-corrected chi connectivity index (χ2v) is 6.22. The van der Waals surface area contributed by atoms with Crippen LogP contribution in [-0.2, 0) is 14.3 Å². The van der Waals surface area contributed by atoms with Gasteiger partial charge in [-0.1, -0.05) is 6.07 Å². The van der Waals surface area contributed by atoms with Gasteiger partial charge >= 0.3 is 0 Å². The molecule has 0 unspecified atom stereocenters. The van der Waals surface area contributed by atoms with E-state index in [2.05, 4.69) is 20.8 Å². The molecule has 0 bridgehead atoms. The Bertz CT molecular complexity index is 749. The van der Waals surface area contributed by atoms with Gasteiger partial charge in [0.15, 0.2) is 0 Å². The van der Waals surface area contributed by atoms with Gasteiger partial charge in [-0.3, -0.25) is 9.59 Å². The highest BCUT2D eigenvalue weighted by molar-refractivity contribution is 5.93. The van der Waals surface area contributed by atoms with Crippen LogP contribution in [0.4, 0.5) is 5.69 Å². The minimum Gasteiger partial charge on any atom is -0.384 e. The van der Waals surface area contributed by atoms with E-state index in [1.807, 2.05) is 18.2 Å². The number of ether oxygens (including phenoxy) is 1. The summed E-state index contributed by atoms with van der Waals surface area (Å²) in [6, 6.07) is 7.30. The van der Waals surface area contributed by atoms with E-state index in [0.29, 0.717) is 31.8 Å². The molecule has 1 aromatic heterocycles. The maximum Gasteiger partial charge on any atom is 0.229 e. The summed E-state index contributed by atoms with van der Waals surface area (Å²) in [5, 5.41) is 14.0. The first-order chi connectivity index (χ1) is 12.7. The number of carbonyl (C=O) groups excluding carboxylic acids is 2. The highest BCUT2D eigenvalue weighted by atomic mass is 16.5. The second-order valence-electron chi connectivity index (χ2n) is 6.22. The van der Waals surface area contributed by atoms with Crippen molar-refractivity contribution in [2.45, 2.75) is 19.3 Å². The summed E-state index contributed by atoms with van der Waals surface area (Å²) in [4.78, 5) is 26.5. The third kappa shape index (κ3) is 4.42. The number of piperidine rings is 1. The zero-order valence-electron chi connectivity index (χ0n) is 14.7. The van der Waals surface area contributed by atoms with E-state index in [1.165, 1.54) is 11.0 Å². The van der Waals surface area contributed by atoms with Gasteiger partial charge in [0.25, 0.3) is 0 Å². The number of nitrogens with zero attached hydrogens (tertiary/aromatic N) is 5. The fraction of sp³-hybridized carbons (Fsp3) is 0.471. The molecule has 1 saturated heterocycles. The first kappa shape index (κ1) is 18.0. The molecule has 0 spiro atoms. The van der Waals surface area contributed by atoms with Gasteiger partial charge in [0, 0.05) is 25.9 Å². The predicted molar refractivity (Wildman–Crippen MR) is 93.6 cm³/mol. The SMILES string of the molecule is COCCC(=O)N1CCC[C@H](C(=O)Nc2cccc(-n3cnnn3)c2)C1. The zero-order chi connectivity index (χ0) is 18.4. The van der Waals surface area contributed by atoms with Crippen LogP contribution in [0.25, 0.3) is 5.69 Å². The lowest BCUT2D eigenvalue weighted by atomic mass is 9.96. The van der Waals surface area contributed by atoms with Crippen LogP contribution in [0.3, 0.4) is 0 Å². The second kappa shape index (κ2) is 8.52. The molecule has 2 amide bonds. The number of carbonyl (C=O) groups is 2. The topological polar surface area (TPSA) is 102 Å². The molecule has 1 aliphatic rings. The molecule has 2 aromatic rings. The smallest absolute Gasteiger partial charge is 0.229 e. The lowest BCUT2D eigenvalue weighted by molar-refractivity contribution is -0.135. The van der Waals surface area contributed by atoms with Crippen LogP contribution in [0.5, 0.6) is 0 Å². The highest BCUT2D eigenvalue weighted by Crippen LogP contribution is 2.20. The Morgan fingerprint density at radius 1 is 1.38 bits per heavy atom. The fourth-order valence-corrected chi connectivity index (χ4v) is 3.02. The predicted octanol–water partition coefficient (Wildman–Crippen LogP) is 0.876. The number of benzene rings is 1. The number of hydrogen-bond donors (Lipinski definition) is 1. The molecule has 2 heterocycles. The molecule has 1 fully saturated rings. The van der Waals surface area contributed by atoms with Crippen LogP contribution in [0.1, 0.15) is 19.3 Å². The molecule has 1 N–H and O–H groups in total. The Hall–Kier alpha value is -2.81. The van der Waals surface area contributed by atoms with E-state index in [1.54, 1.807) is 18.1 Å². The molecule has 1 aromatic carbocycles. The van der Waals surface area contributed by atoms with Crippen molar-refractivity contribution in [2.24, 2.45) is 5.92 Å². The number of nitrogens with one attached hydrogen (secondary N) is 1. The van der Waals surface area contributed by atoms with Gasteiger partial charge in [0.2, 0.25) is 11.8 Å². The number of rotatable bonds is 6. The van der Waals surface area contributed by atoms with E-state index in [9.17, 15) is 9.59 Å². The summed E-state index contributed by atoms with van der Waals surface area (Å²) in [5.74, 6) is -0.264. The van der Waals surface area contributed by atoms with Crippen LogP contribution in [0.2, 0.25) is 0 Å². The third-order valence-corrected chi connectivity index (χ3v) is 4.39. The summed E-state index contributed by atoms with van der Waals surface area (Å²) in [7, 11) is 1.57. The van der Waals surface area contributed by atoms with Crippen LogP contribution in [0, 0.1) is 5.92 Å². The standard InChI is InChI=1S/C17H22N6O3/c1-26-9-7-16(24)22-8-3-4-13(11-22)17(25)19-14-5-2-6-15(10-14)23-12-18-20-21-23/h2,5-6,10,12-13H,3-4,7-9,11H2,1H3,(H,19,25)/t13-/m0/s1. The number of tetrazole rings is 1. The summed E-state index contributed by atoms with van der Waals surface area (Å²) < 4.78 is 6.48. The van der Waals surface area contributed by atoms with Gasteiger partial charge in [-0.25, -0.2) is 4.68 Å². The van der Waals surface area contributed by atoms with Crippen LogP contribution in [-0.4, -0.2) is 63.7 Å². The first-order valence-electron chi connectivity index (χ1n) is 8.58. The highest BCUT2D eigenvalue weighted by Gasteiger charge is 2.28. The number of methoxy groups -OCH3 is 1. The molecule has 1 atom stereocenters. The van der Waals surface area contributed by atoms with Crippen LogP contribution >= 0.6 is 0 Å². The number of amides is 2. The summed E-state index contributed by atoms with van der Waals surface area (Å²) in [6.07, 6.45) is 3.43. The van der Waals surface area contributed by atoms with E-state index in [-0.39, 0.29) is 17.7 Å². The van der Waals surface area contributed by atoms with Crippen molar-refractivity contribution in [3.05, 3.63) is 30.6 Å². The van der Waals surface area contributed by atoms with Gasteiger partial charge < -0.3 is 15.0 Å². The molecular weight excluding hydrogens is 336 g/mol. The molecular formula is C17H22N6O3. The van der Waals surface area contributed by atoms with E-state index < -0.39 is 0 Å². The van der Waals surface area contributed by atoms with Gasteiger partial charge in [-0.05, 0) is 41.5 Å². The average Bonchev–Trinajstić information content (AvgIpc) is 3.21. The maximum atomic E-state index is 12.6. The first-order valence-corrected chi connectivity index (χ1v) is 8.58. The molecule has 1 aliphatic heterocycles. The largest absolute Gasteiger partial charge is 0.384 e. The number of hydrogen-bond acceptors (Lipinski definition) is 6. The molecule has 3 rings (SSSR count). The molecule has 9 nitrogen and oxygen atoms in total. The zero-order valence-corrected chi connectivity index (χ0v) is 14.7. The Labute approximate surface area is 151 Å². The van der Waals surface area contributed by atoms with Gasteiger partial charge in [0.05, 0.1) is 24.6 Å². The van der Waals surface area contributed by atoms with Crippen molar-refractivity contribution in [2.75, 3.05) is 32.1 Å². The normalized spacial score (nSPS) is 17.1. The maximum absolute atomic E-state index is 12.6. The number of likely N-dealkylation sites (tertiary alicyclic amines) is 1. The third-order valence-electron chi connectivity index (χ3n) is 4.39. The molecule has 138 valence electrons. The minimum atomic E-state index is -0.216. The number of anilines is 1. The quantitative estimate of drug-likeness (QED) is 0.822. The molecule has 0 radical (unpaired) electrons. The Morgan fingerprint density at radius 3 is 3.04 bits per heavy atom. The van der Waals surface area contributed by atoms with Crippen LogP contribution in [0.15, 0.2) is 30.6 Å². The van der Waals surface area contributed by atoms with Crippen molar-refractivity contribution in [1.82, 2.24) is 25.1 Å². The lowest BCUT2D eigenvalue weighted by Crippen LogP contribution is -2.44. The summed E-state index contributed by atoms with van der Waals surface area (Å²) in [5.41, 5.74) is 1.43. The number of aromatic nitrogens is 4. The van der Waals surface area contributed by atoms with Crippen molar-refractivity contribution in [3.8, 4) is 5.69 Å². The van der Waals surface area contributed by atoms with Crippen molar-refractivity contribution < 1.29 is 14.3 Å². The minimum absolute atomic E-state index is 0.0324. The summed E-state index contributed by atoms with van der Waals surface area (Å²) in [6.45, 7) is 1.54. The van der Waals surface area contributed by atoms with Crippen molar-refractivity contribution >= 4 is 17.5 Å². The fourth-order valence-electron chi connectivity index (χ4n) is 3.02. The lowest BCUT2D eigenvalue weighted by Gasteiger charge is -2.32. The van der Waals surface area contributed by atoms with E-state index in [0.717, 1.165) is 18.5 Å². The van der Waals surface area contributed by atoms with Crippen molar-refractivity contribution in [1.29, 1.82) is 0 Å². The Balaban J connectivity index is 1.61.